The van der Waals surface area contributed by atoms with Crippen LogP contribution in [0.1, 0.15) is 87.5 Å². The Balaban J connectivity index is 0.000000281. The highest BCUT2D eigenvalue weighted by Crippen LogP contribution is 2.38. The molecular weight excluding hydrogens is 477 g/mol. The first-order chi connectivity index (χ1) is 17.6. The summed E-state index contributed by atoms with van der Waals surface area (Å²) in [6, 6.07) is 15.3. The van der Waals surface area contributed by atoms with E-state index in [-0.39, 0.29) is 17.8 Å². The lowest BCUT2D eigenvalue weighted by Crippen LogP contribution is -2.19. The molecule has 0 bridgehead atoms. The number of nitrogens with one attached hydrogen (secondary N) is 1. The minimum absolute atomic E-state index is 0.180. The van der Waals surface area contributed by atoms with E-state index >= 15 is 0 Å². The monoisotopic (exact) mass is 516 g/mol. The number of alkyl halides is 3. The molecule has 4 nitrogen and oxygen atoms in total. The third-order valence-electron chi connectivity index (χ3n) is 6.54. The van der Waals surface area contributed by atoms with Crippen LogP contribution in [0, 0.1) is 23.2 Å². The van der Waals surface area contributed by atoms with E-state index < -0.39 is 11.7 Å². The van der Waals surface area contributed by atoms with Gasteiger partial charge < -0.3 is 10.1 Å². The SMILES string of the molecule is CC(C)CCNCc1cccc(C#N)c1.CCOC(=O)CC1CCCC(c2ccc(C(F)(F)F)cc2)C1. The van der Waals surface area contributed by atoms with Crippen LogP contribution in [0.4, 0.5) is 13.2 Å². The average Bonchev–Trinajstić information content (AvgIpc) is 2.87. The third kappa shape index (κ3) is 11.4. The molecule has 3 rings (SSSR count). The van der Waals surface area contributed by atoms with Gasteiger partial charge in [0.15, 0.2) is 0 Å². The zero-order valence-corrected chi connectivity index (χ0v) is 22.1. The number of nitriles is 1. The summed E-state index contributed by atoms with van der Waals surface area (Å²) in [6.07, 6.45) is 1.08. The number of hydrogen-bond acceptors (Lipinski definition) is 4. The van der Waals surface area contributed by atoms with E-state index in [9.17, 15) is 18.0 Å². The number of esters is 1. The van der Waals surface area contributed by atoms with Crippen LogP contribution in [0.3, 0.4) is 0 Å². The molecule has 37 heavy (non-hydrogen) atoms. The van der Waals surface area contributed by atoms with Crippen molar-refractivity contribution < 1.29 is 22.7 Å². The second-order valence-electron chi connectivity index (χ2n) is 10.0. The van der Waals surface area contributed by atoms with Crippen molar-refractivity contribution in [3.63, 3.8) is 0 Å². The maximum Gasteiger partial charge on any atom is 0.416 e. The molecule has 0 heterocycles. The smallest absolute Gasteiger partial charge is 0.416 e. The highest BCUT2D eigenvalue weighted by Gasteiger charge is 2.31. The van der Waals surface area contributed by atoms with Gasteiger partial charge in [-0.15, -0.1) is 0 Å². The van der Waals surface area contributed by atoms with E-state index in [0.29, 0.717) is 13.0 Å². The first-order valence-electron chi connectivity index (χ1n) is 13.1. The predicted molar refractivity (Wildman–Crippen MR) is 140 cm³/mol. The fourth-order valence-corrected chi connectivity index (χ4v) is 4.55. The molecule has 0 radical (unpaired) electrons. The Kier molecular flexibility index (Phi) is 12.7. The molecule has 1 saturated carbocycles. The van der Waals surface area contributed by atoms with Crippen LogP contribution < -0.4 is 5.32 Å². The quantitative estimate of drug-likeness (QED) is 0.275. The number of carbonyl (C=O) groups is 1. The van der Waals surface area contributed by atoms with E-state index in [1.54, 1.807) is 19.1 Å². The number of ether oxygens (including phenoxy) is 1. The molecule has 2 aromatic carbocycles. The fraction of sp³-hybridized carbons (Fsp3) is 0.533. The highest BCUT2D eigenvalue weighted by molar-refractivity contribution is 5.69. The molecule has 2 aromatic rings. The molecule has 1 N–H and O–H groups in total. The van der Waals surface area contributed by atoms with Gasteiger partial charge in [0.2, 0.25) is 0 Å². The third-order valence-corrected chi connectivity index (χ3v) is 6.54. The molecule has 0 amide bonds. The average molecular weight is 517 g/mol. The molecular formula is C30H39F3N2O2. The standard InChI is InChI=1S/C17H21F3O2.C13H18N2/c1-2-22-16(21)11-12-4-3-5-14(10-12)13-6-8-15(9-7-13)17(18,19)20;1-11(2)6-7-15-10-13-5-3-4-12(8-13)9-14/h6-9,12,14H,2-5,10-11H2,1H3;3-5,8,11,15H,6-7,10H2,1-2H3. The molecule has 1 fully saturated rings. The summed E-state index contributed by atoms with van der Waals surface area (Å²) in [5.74, 6) is 1.05. The van der Waals surface area contributed by atoms with Crippen LogP contribution >= 0.6 is 0 Å². The van der Waals surface area contributed by atoms with Gasteiger partial charge in [0.1, 0.15) is 0 Å². The van der Waals surface area contributed by atoms with Crippen molar-refractivity contribution in [1.82, 2.24) is 5.32 Å². The summed E-state index contributed by atoms with van der Waals surface area (Å²) in [5.41, 5.74) is 2.23. The molecule has 202 valence electrons. The van der Waals surface area contributed by atoms with Gasteiger partial charge in [-0.05, 0) is 92.3 Å². The normalized spacial score (nSPS) is 17.5. The minimum atomic E-state index is -4.29. The maximum atomic E-state index is 12.6. The zero-order valence-electron chi connectivity index (χ0n) is 22.1. The molecule has 2 atom stereocenters. The second kappa shape index (κ2) is 15.4. The minimum Gasteiger partial charge on any atom is -0.466 e. The lowest BCUT2D eigenvalue weighted by Gasteiger charge is -2.29. The lowest BCUT2D eigenvalue weighted by atomic mass is 9.77. The first kappa shape index (κ1) is 30.4. The van der Waals surface area contributed by atoms with Crippen LogP contribution in [0.25, 0.3) is 0 Å². The summed E-state index contributed by atoms with van der Waals surface area (Å²) in [4.78, 5) is 11.6. The molecule has 1 aliphatic rings. The van der Waals surface area contributed by atoms with Crippen molar-refractivity contribution in [1.29, 1.82) is 5.26 Å². The number of rotatable bonds is 9. The van der Waals surface area contributed by atoms with Crippen molar-refractivity contribution in [3.05, 3.63) is 70.8 Å². The number of halogens is 3. The number of benzene rings is 2. The Hall–Kier alpha value is -2.85. The van der Waals surface area contributed by atoms with Crippen LogP contribution in [0.2, 0.25) is 0 Å². The van der Waals surface area contributed by atoms with Crippen LogP contribution in [0.5, 0.6) is 0 Å². The summed E-state index contributed by atoms with van der Waals surface area (Å²) in [5, 5.41) is 12.1. The fourth-order valence-electron chi connectivity index (χ4n) is 4.55. The van der Waals surface area contributed by atoms with Crippen LogP contribution in [-0.4, -0.2) is 19.1 Å². The van der Waals surface area contributed by atoms with E-state index in [1.807, 2.05) is 24.3 Å². The van der Waals surface area contributed by atoms with Gasteiger partial charge in [0.25, 0.3) is 0 Å². The summed E-state index contributed by atoms with van der Waals surface area (Å²) in [6.45, 7) is 8.49. The predicted octanol–water partition coefficient (Wildman–Crippen LogP) is 7.63. The van der Waals surface area contributed by atoms with Gasteiger partial charge in [0.05, 0.1) is 23.8 Å². The number of hydrogen-bond donors (Lipinski definition) is 1. The Morgan fingerprint density at radius 1 is 1.16 bits per heavy atom. The first-order valence-corrected chi connectivity index (χ1v) is 13.1. The van der Waals surface area contributed by atoms with Gasteiger partial charge in [-0.1, -0.05) is 44.5 Å². The van der Waals surface area contributed by atoms with E-state index in [4.69, 9.17) is 10.00 Å². The van der Waals surface area contributed by atoms with Crippen molar-refractivity contribution in [2.24, 2.45) is 11.8 Å². The Morgan fingerprint density at radius 2 is 1.89 bits per heavy atom. The van der Waals surface area contributed by atoms with Crippen molar-refractivity contribution in [2.45, 2.75) is 77.9 Å². The summed E-state index contributed by atoms with van der Waals surface area (Å²) < 4.78 is 42.7. The topological polar surface area (TPSA) is 62.1 Å². The van der Waals surface area contributed by atoms with Crippen LogP contribution in [0.15, 0.2) is 48.5 Å². The molecule has 2 unspecified atom stereocenters. The Bertz CT molecular complexity index is 997. The molecule has 0 aliphatic heterocycles. The van der Waals surface area contributed by atoms with Gasteiger partial charge in [-0.2, -0.15) is 18.4 Å². The van der Waals surface area contributed by atoms with Crippen molar-refractivity contribution >= 4 is 5.97 Å². The zero-order chi connectivity index (χ0) is 27.3. The summed E-state index contributed by atoms with van der Waals surface area (Å²) >= 11 is 0. The Morgan fingerprint density at radius 3 is 2.51 bits per heavy atom. The van der Waals surface area contributed by atoms with Gasteiger partial charge in [-0.3, -0.25) is 4.79 Å². The molecule has 0 aromatic heterocycles. The van der Waals surface area contributed by atoms with Crippen LogP contribution in [-0.2, 0) is 22.3 Å². The van der Waals surface area contributed by atoms with E-state index in [2.05, 4.69) is 25.2 Å². The second-order valence-corrected chi connectivity index (χ2v) is 10.0. The number of carbonyl (C=O) groups excluding carboxylic acids is 1. The van der Waals surface area contributed by atoms with Crippen molar-refractivity contribution in [3.8, 4) is 6.07 Å². The lowest BCUT2D eigenvalue weighted by molar-refractivity contribution is -0.144. The van der Waals surface area contributed by atoms with Gasteiger partial charge in [-0.25, -0.2) is 0 Å². The Labute approximate surface area is 219 Å². The van der Waals surface area contributed by atoms with E-state index in [0.717, 1.165) is 68.0 Å². The summed E-state index contributed by atoms with van der Waals surface area (Å²) in [7, 11) is 0. The number of nitrogens with zero attached hydrogens (tertiary/aromatic N) is 1. The maximum absolute atomic E-state index is 12.6. The van der Waals surface area contributed by atoms with Gasteiger partial charge >= 0.3 is 12.1 Å². The molecule has 0 saturated heterocycles. The molecule has 0 spiro atoms. The highest BCUT2D eigenvalue weighted by atomic mass is 19.4. The van der Waals surface area contributed by atoms with E-state index in [1.165, 1.54) is 12.0 Å². The van der Waals surface area contributed by atoms with Crippen molar-refractivity contribution in [2.75, 3.05) is 13.2 Å². The largest absolute Gasteiger partial charge is 0.466 e. The van der Waals surface area contributed by atoms with Gasteiger partial charge in [0, 0.05) is 13.0 Å². The molecule has 7 heteroatoms. The molecule has 1 aliphatic carbocycles.